The highest BCUT2D eigenvalue weighted by atomic mass is 35.5. The molecule has 0 heterocycles. The summed E-state index contributed by atoms with van der Waals surface area (Å²) in [4.78, 5) is 10.7. The van der Waals surface area contributed by atoms with E-state index in [4.69, 9.17) is 11.6 Å². The van der Waals surface area contributed by atoms with E-state index in [1.165, 1.54) is 6.92 Å². The van der Waals surface area contributed by atoms with Crippen molar-refractivity contribution in [2.75, 3.05) is 5.32 Å². The Bertz CT molecular complexity index is 391. The summed E-state index contributed by atoms with van der Waals surface area (Å²) in [6, 6.07) is 2.75. The van der Waals surface area contributed by atoms with Crippen LogP contribution in [0.15, 0.2) is 18.2 Å². The molecule has 0 aliphatic heterocycles. The Kier molecular flexibility index (Phi) is 6.02. The van der Waals surface area contributed by atoms with Gasteiger partial charge in [-0.25, -0.2) is 0 Å². The third kappa shape index (κ3) is 5.08. The van der Waals surface area contributed by atoms with Gasteiger partial charge in [0.15, 0.2) is 0 Å². The first-order chi connectivity index (χ1) is 7.80. The molecule has 0 aliphatic rings. The van der Waals surface area contributed by atoms with Gasteiger partial charge in [-0.05, 0) is 18.2 Å². The molecule has 17 heavy (non-hydrogen) atoms. The van der Waals surface area contributed by atoms with Crippen molar-refractivity contribution in [3.63, 3.8) is 0 Å². The standard InChI is InChI=1S/C9H7ClF3NO.C2H6/c1-5(15)14-8-3-2-6(4-7(8)10)9(11,12)13;1-2/h2-4H,1H3,(H,14,15);1-2H3. The topological polar surface area (TPSA) is 29.1 Å². The summed E-state index contributed by atoms with van der Waals surface area (Å²) in [5.74, 6) is -0.392. The van der Waals surface area contributed by atoms with E-state index in [-0.39, 0.29) is 10.7 Å². The van der Waals surface area contributed by atoms with Crippen LogP contribution in [-0.2, 0) is 11.0 Å². The zero-order chi connectivity index (χ0) is 13.6. The fraction of sp³-hybridized carbons (Fsp3) is 0.364. The molecular weight excluding hydrogens is 255 g/mol. The van der Waals surface area contributed by atoms with Gasteiger partial charge in [0.1, 0.15) is 0 Å². The van der Waals surface area contributed by atoms with Gasteiger partial charge in [0.2, 0.25) is 5.91 Å². The molecule has 0 aliphatic carbocycles. The van der Waals surface area contributed by atoms with Crippen molar-refractivity contribution >= 4 is 23.2 Å². The lowest BCUT2D eigenvalue weighted by Crippen LogP contribution is -2.08. The van der Waals surface area contributed by atoms with Crippen molar-refractivity contribution in [3.05, 3.63) is 28.8 Å². The van der Waals surface area contributed by atoms with Crippen molar-refractivity contribution in [2.45, 2.75) is 26.9 Å². The number of hydrogen-bond donors (Lipinski definition) is 1. The maximum absolute atomic E-state index is 12.2. The van der Waals surface area contributed by atoms with E-state index in [0.717, 1.165) is 18.2 Å². The SMILES string of the molecule is CC.CC(=O)Nc1ccc(C(F)(F)F)cc1Cl. The monoisotopic (exact) mass is 267 g/mol. The number of carbonyl (C=O) groups is 1. The smallest absolute Gasteiger partial charge is 0.325 e. The number of benzene rings is 1. The van der Waals surface area contributed by atoms with Gasteiger partial charge in [0.25, 0.3) is 0 Å². The second-order valence-electron chi connectivity index (χ2n) is 2.87. The van der Waals surface area contributed by atoms with Crippen LogP contribution < -0.4 is 5.32 Å². The zero-order valence-electron chi connectivity index (χ0n) is 9.65. The first-order valence-corrected chi connectivity index (χ1v) is 5.33. The fourth-order valence-electron chi connectivity index (χ4n) is 0.982. The Morgan fingerprint density at radius 1 is 1.29 bits per heavy atom. The molecule has 1 amide bonds. The summed E-state index contributed by atoms with van der Waals surface area (Å²) in [6.07, 6.45) is -4.43. The molecule has 0 unspecified atom stereocenters. The highest BCUT2D eigenvalue weighted by molar-refractivity contribution is 6.33. The minimum Gasteiger partial charge on any atom is -0.325 e. The minimum atomic E-state index is -4.43. The molecule has 0 bridgehead atoms. The summed E-state index contributed by atoms with van der Waals surface area (Å²) in [5.41, 5.74) is -0.682. The molecule has 96 valence electrons. The van der Waals surface area contributed by atoms with E-state index >= 15 is 0 Å². The molecule has 6 heteroatoms. The fourth-order valence-corrected chi connectivity index (χ4v) is 1.21. The van der Waals surface area contributed by atoms with Crippen LogP contribution in [0, 0.1) is 0 Å². The molecular formula is C11H13ClF3NO. The highest BCUT2D eigenvalue weighted by Gasteiger charge is 2.30. The lowest BCUT2D eigenvalue weighted by Gasteiger charge is -2.09. The van der Waals surface area contributed by atoms with Gasteiger partial charge < -0.3 is 5.32 Å². The van der Waals surface area contributed by atoms with Gasteiger partial charge in [-0.2, -0.15) is 13.2 Å². The molecule has 2 nitrogen and oxygen atoms in total. The van der Waals surface area contributed by atoms with Crippen LogP contribution in [0.2, 0.25) is 5.02 Å². The van der Waals surface area contributed by atoms with Gasteiger partial charge >= 0.3 is 6.18 Å². The Morgan fingerprint density at radius 2 is 1.82 bits per heavy atom. The number of amides is 1. The van der Waals surface area contributed by atoms with Crippen LogP contribution in [0.5, 0.6) is 0 Å². The van der Waals surface area contributed by atoms with E-state index < -0.39 is 17.6 Å². The molecule has 0 fully saturated rings. The quantitative estimate of drug-likeness (QED) is 0.805. The molecule has 1 N–H and O–H groups in total. The molecule has 0 saturated carbocycles. The Balaban J connectivity index is 0.00000121. The van der Waals surface area contributed by atoms with Gasteiger partial charge in [-0.15, -0.1) is 0 Å². The maximum Gasteiger partial charge on any atom is 0.416 e. The predicted octanol–water partition coefficient (Wildman–Crippen LogP) is 4.34. The molecule has 1 aromatic carbocycles. The highest BCUT2D eigenvalue weighted by Crippen LogP contribution is 2.33. The number of carbonyl (C=O) groups excluding carboxylic acids is 1. The number of halogens is 4. The molecule has 0 spiro atoms. The minimum absolute atomic E-state index is 0.139. The summed E-state index contributed by atoms with van der Waals surface area (Å²) in [7, 11) is 0. The number of hydrogen-bond acceptors (Lipinski definition) is 1. The van der Waals surface area contributed by atoms with Gasteiger partial charge in [0.05, 0.1) is 16.3 Å². The molecule has 1 rings (SSSR count). The molecule has 0 saturated heterocycles. The summed E-state index contributed by atoms with van der Waals surface area (Å²) < 4.78 is 36.6. The van der Waals surface area contributed by atoms with E-state index in [9.17, 15) is 18.0 Å². The Labute approximate surface area is 103 Å². The first-order valence-electron chi connectivity index (χ1n) is 4.95. The molecule has 0 aromatic heterocycles. The zero-order valence-corrected chi connectivity index (χ0v) is 10.4. The Morgan fingerprint density at radius 3 is 2.18 bits per heavy atom. The van der Waals surface area contributed by atoms with E-state index in [0.29, 0.717) is 0 Å². The number of rotatable bonds is 1. The van der Waals surface area contributed by atoms with Gasteiger partial charge in [-0.1, -0.05) is 25.4 Å². The first kappa shape index (κ1) is 15.8. The van der Waals surface area contributed by atoms with Crippen LogP contribution in [0.3, 0.4) is 0 Å². The predicted molar refractivity (Wildman–Crippen MR) is 62.1 cm³/mol. The lowest BCUT2D eigenvalue weighted by molar-refractivity contribution is -0.137. The van der Waals surface area contributed by atoms with Crippen LogP contribution >= 0.6 is 11.6 Å². The number of nitrogens with one attached hydrogen (secondary N) is 1. The molecule has 0 atom stereocenters. The van der Waals surface area contributed by atoms with E-state index in [2.05, 4.69) is 5.32 Å². The number of anilines is 1. The maximum atomic E-state index is 12.2. The van der Waals surface area contributed by atoms with Crippen molar-refractivity contribution < 1.29 is 18.0 Å². The van der Waals surface area contributed by atoms with E-state index in [1.807, 2.05) is 13.8 Å². The van der Waals surface area contributed by atoms with Gasteiger partial charge in [0, 0.05) is 6.92 Å². The molecule has 1 aromatic rings. The number of alkyl halides is 3. The van der Waals surface area contributed by atoms with Crippen LogP contribution in [0.1, 0.15) is 26.3 Å². The van der Waals surface area contributed by atoms with E-state index in [1.54, 1.807) is 0 Å². The third-order valence-electron chi connectivity index (χ3n) is 1.61. The Hall–Kier alpha value is -1.23. The average molecular weight is 268 g/mol. The van der Waals surface area contributed by atoms with Crippen molar-refractivity contribution in [1.82, 2.24) is 0 Å². The normalized spacial score (nSPS) is 10.3. The van der Waals surface area contributed by atoms with Crippen molar-refractivity contribution in [3.8, 4) is 0 Å². The summed E-state index contributed by atoms with van der Waals surface area (Å²) in [6.45, 7) is 5.24. The van der Waals surface area contributed by atoms with Gasteiger partial charge in [-0.3, -0.25) is 4.79 Å². The third-order valence-corrected chi connectivity index (χ3v) is 1.92. The van der Waals surface area contributed by atoms with Crippen LogP contribution in [-0.4, -0.2) is 5.91 Å². The second kappa shape index (κ2) is 6.49. The summed E-state index contributed by atoms with van der Waals surface area (Å²) in [5, 5.41) is 2.17. The van der Waals surface area contributed by atoms with Crippen LogP contribution in [0.4, 0.5) is 18.9 Å². The molecule has 0 radical (unpaired) electrons. The summed E-state index contributed by atoms with van der Waals surface area (Å²) >= 11 is 5.56. The van der Waals surface area contributed by atoms with Crippen molar-refractivity contribution in [1.29, 1.82) is 0 Å². The largest absolute Gasteiger partial charge is 0.416 e. The lowest BCUT2D eigenvalue weighted by atomic mass is 10.2. The van der Waals surface area contributed by atoms with Crippen LogP contribution in [0.25, 0.3) is 0 Å². The van der Waals surface area contributed by atoms with Crippen molar-refractivity contribution in [2.24, 2.45) is 0 Å². The average Bonchev–Trinajstić information content (AvgIpc) is 2.22. The second-order valence-corrected chi connectivity index (χ2v) is 3.28.